The molecule has 1 atom stereocenters. The fraction of sp³-hybridized carbons (Fsp3) is 0.200. The van der Waals surface area contributed by atoms with Crippen LogP contribution in [0.3, 0.4) is 0 Å². The number of rotatable bonds is 4. The number of carbonyl (C=O) groups excluding carboxylic acids is 2. The summed E-state index contributed by atoms with van der Waals surface area (Å²) in [7, 11) is 0. The maximum Gasteiger partial charge on any atom is 0.418 e. The van der Waals surface area contributed by atoms with E-state index in [1.54, 1.807) is 23.9 Å². The van der Waals surface area contributed by atoms with Gasteiger partial charge in [-0.2, -0.15) is 13.2 Å². The van der Waals surface area contributed by atoms with Crippen LogP contribution in [0.2, 0.25) is 0 Å². The highest BCUT2D eigenvalue weighted by Crippen LogP contribution is 2.35. The van der Waals surface area contributed by atoms with Crippen molar-refractivity contribution in [3.8, 4) is 0 Å². The summed E-state index contributed by atoms with van der Waals surface area (Å²) >= 11 is 1.54. The second kappa shape index (κ2) is 8.20. The molecule has 0 spiro atoms. The van der Waals surface area contributed by atoms with Crippen LogP contribution in [0.25, 0.3) is 0 Å². The molecule has 3 N–H and O–H groups in total. The summed E-state index contributed by atoms with van der Waals surface area (Å²) in [5, 5.41) is 7.51. The Balaban J connectivity index is 1.96. The van der Waals surface area contributed by atoms with Crippen molar-refractivity contribution in [2.45, 2.75) is 24.0 Å². The molecule has 0 saturated carbocycles. The monoisotopic (exact) mass is 421 g/mol. The topological polar surface area (TPSA) is 70.2 Å². The summed E-state index contributed by atoms with van der Waals surface area (Å²) in [6.07, 6.45) is -2.69. The van der Waals surface area contributed by atoms with Gasteiger partial charge >= 0.3 is 12.2 Å². The van der Waals surface area contributed by atoms with Gasteiger partial charge in [0.25, 0.3) is 5.91 Å². The van der Waals surface area contributed by atoms with Gasteiger partial charge in [-0.15, -0.1) is 11.8 Å². The summed E-state index contributed by atoms with van der Waals surface area (Å²) in [6, 6.07) is 10.7. The molecule has 3 rings (SSSR count). The molecule has 0 fully saturated rings. The van der Waals surface area contributed by atoms with E-state index in [1.807, 2.05) is 18.4 Å². The first-order valence-electron chi connectivity index (χ1n) is 8.60. The van der Waals surface area contributed by atoms with E-state index >= 15 is 0 Å². The van der Waals surface area contributed by atoms with Crippen molar-refractivity contribution in [2.24, 2.45) is 0 Å². The first-order valence-corrected chi connectivity index (χ1v) is 9.83. The molecule has 29 heavy (non-hydrogen) atoms. The van der Waals surface area contributed by atoms with E-state index in [0.29, 0.717) is 5.56 Å². The average molecular weight is 421 g/mol. The molecular formula is C20H18F3N3O2S. The molecule has 0 unspecified atom stereocenters. The number of nitrogens with one attached hydrogen (secondary N) is 3. The molecule has 5 nitrogen and oxygen atoms in total. The Kier molecular flexibility index (Phi) is 5.88. The third-order valence-corrected chi connectivity index (χ3v) is 5.19. The van der Waals surface area contributed by atoms with Crippen LogP contribution < -0.4 is 16.0 Å². The third-order valence-electron chi connectivity index (χ3n) is 4.44. The number of thioether (sulfide) groups is 1. The second-order valence-electron chi connectivity index (χ2n) is 6.34. The minimum absolute atomic E-state index is 0.137. The van der Waals surface area contributed by atoms with E-state index < -0.39 is 29.7 Å². The lowest BCUT2D eigenvalue weighted by Crippen LogP contribution is -2.46. The summed E-state index contributed by atoms with van der Waals surface area (Å²) in [4.78, 5) is 25.9. The fourth-order valence-corrected chi connectivity index (χ4v) is 3.48. The normalized spacial score (nSPS) is 16.9. The molecule has 2 aromatic rings. The molecule has 1 heterocycles. The Hall–Kier alpha value is -2.94. The summed E-state index contributed by atoms with van der Waals surface area (Å²) in [5.41, 5.74) is -0.238. The fourth-order valence-electron chi connectivity index (χ4n) is 3.07. The lowest BCUT2D eigenvalue weighted by molar-refractivity contribution is -0.137. The maximum absolute atomic E-state index is 13.2. The molecule has 2 aromatic carbocycles. The molecule has 0 aromatic heterocycles. The van der Waals surface area contributed by atoms with Crippen LogP contribution in [-0.2, 0) is 11.0 Å². The molecule has 1 aliphatic rings. The van der Waals surface area contributed by atoms with Crippen LogP contribution in [0.4, 0.5) is 23.7 Å². The van der Waals surface area contributed by atoms with Gasteiger partial charge < -0.3 is 16.0 Å². The first kappa shape index (κ1) is 20.8. The number of hydrogen-bond acceptors (Lipinski definition) is 3. The number of hydrogen-bond donors (Lipinski definition) is 3. The second-order valence-corrected chi connectivity index (χ2v) is 7.22. The lowest BCUT2D eigenvalue weighted by Gasteiger charge is -2.29. The number of urea groups is 1. The molecule has 152 valence electrons. The Labute approximate surface area is 169 Å². The Morgan fingerprint density at radius 3 is 2.38 bits per heavy atom. The molecule has 0 bridgehead atoms. The number of amides is 3. The van der Waals surface area contributed by atoms with Gasteiger partial charge in [0.15, 0.2) is 0 Å². The van der Waals surface area contributed by atoms with Crippen LogP contribution in [0, 0.1) is 0 Å². The van der Waals surface area contributed by atoms with E-state index in [9.17, 15) is 22.8 Å². The zero-order valence-electron chi connectivity index (χ0n) is 15.6. The minimum atomic E-state index is -4.61. The van der Waals surface area contributed by atoms with Crippen molar-refractivity contribution in [1.82, 2.24) is 10.6 Å². The molecule has 0 saturated heterocycles. The largest absolute Gasteiger partial charge is 0.418 e. The number of carbonyl (C=O) groups is 2. The van der Waals surface area contributed by atoms with Gasteiger partial charge in [-0.1, -0.05) is 24.3 Å². The summed E-state index contributed by atoms with van der Waals surface area (Å²) < 4.78 is 39.7. The zero-order valence-corrected chi connectivity index (χ0v) is 16.4. The number of benzene rings is 2. The van der Waals surface area contributed by atoms with Crippen molar-refractivity contribution in [2.75, 3.05) is 11.6 Å². The van der Waals surface area contributed by atoms with Crippen LogP contribution in [0.1, 0.15) is 24.1 Å². The van der Waals surface area contributed by atoms with Gasteiger partial charge in [-0.3, -0.25) is 4.79 Å². The predicted octanol–water partition coefficient (Wildman–Crippen LogP) is 4.69. The van der Waals surface area contributed by atoms with Crippen LogP contribution in [-0.4, -0.2) is 18.2 Å². The Morgan fingerprint density at radius 2 is 1.76 bits per heavy atom. The summed E-state index contributed by atoms with van der Waals surface area (Å²) in [6.45, 7) is 1.53. The number of alkyl halides is 3. The van der Waals surface area contributed by atoms with E-state index in [0.717, 1.165) is 11.0 Å². The summed E-state index contributed by atoms with van der Waals surface area (Å²) in [5.74, 6) is -0.731. The number of para-hydroxylation sites is 1. The zero-order chi connectivity index (χ0) is 21.2. The SMILES string of the molecule is CSc1ccc([C@@H]2NC(=O)NC(C)=C2C(=O)Nc2ccccc2C(F)(F)F)cc1. The number of halogens is 3. The highest BCUT2D eigenvalue weighted by molar-refractivity contribution is 7.98. The standard InChI is InChI=1S/C20H18F3N3O2S/c1-11-16(18(27)25-15-6-4-3-5-14(15)20(21,22)23)17(26-19(28)24-11)12-7-9-13(29-2)10-8-12/h3-10,17H,1-2H3,(H,25,27)(H2,24,26,28)/t17-/m0/s1. The average Bonchev–Trinajstić information content (AvgIpc) is 2.67. The predicted molar refractivity (Wildman–Crippen MR) is 105 cm³/mol. The van der Waals surface area contributed by atoms with Crippen LogP contribution in [0.5, 0.6) is 0 Å². The van der Waals surface area contributed by atoms with Crippen molar-refractivity contribution < 1.29 is 22.8 Å². The van der Waals surface area contributed by atoms with Crippen molar-refractivity contribution >= 4 is 29.4 Å². The quantitative estimate of drug-likeness (QED) is 0.627. The Morgan fingerprint density at radius 1 is 1.10 bits per heavy atom. The van der Waals surface area contributed by atoms with Crippen molar-refractivity contribution in [1.29, 1.82) is 0 Å². The van der Waals surface area contributed by atoms with Crippen molar-refractivity contribution in [3.63, 3.8) is 0 Å². The van der Waals surface area contributed by atoms with E-state index in [2.05, 4.69) is 16.0 Å². The highest BCUT2D eigenvalue weighted by atomic mass is 32.2. The van der Waals surface area contributed by atoms with Gasteiger partial charge in [0.2, 0.25) is 0 Å². The van der Waals surface area contributed by atoms with Crippen molar-refractivity contribution in [3.05, 3.63) is 70.9 Å². The molecule has 1 aliphatic heterocycles. The molecular weight excluding hydrogens is 403 g/mol. The van der Waals surface area contributed by atoms with Crippen LogP contribution >= 0.6 is 11.8 Å². The van der Waals surface area contributed by atoms with Gasteiger partial charge in [-0.05, 0) is 43.0 Å². The van der Waals surface area contributed by atoms with E-state index in [-0.39, 0.29) is 17.0 Å². The minimum Gasteiger partial charge on any atom is -0.327 e. The van der Waals surface area contributed by atoms with E-state index in [1.165, 1.54) is 25.1 Å². The van der Waals surface area contributed by atoms with Gasteiger partial charge in [0, 0.05) is 10.6 Å². The lowest BCUT2D eigenvalue weighted by atomic mass is 9.94. The molecule has 0 radical (unpaired) electrons. The van der Waals surface area contributed by atoms with Gasteiger partial charge in [0.05, 0.1) is 22.9 Å². The first-order chi connectivity index (χ1) is 13.7. The number of allylic oxidation sites excluding steroid dienone is 1. The highest BCUT2D eigenvalue weighted by Gasteiger charge is 2.35. The van der Waals surface area contributed by atoms with E-state index in [4.69, 9.17) is 0 Å². The Bertz CT molecular complexity index is 972. The molecule has 9 heteroatoms. The molecule has 3 amide bonds. The number of anilines is 1. The third kappa shape index (κ3) is 4.56. The smallest absolute Gasteiger partial charge is 0.327 e. The van der Waals surface area contributed by atoms with Crippen LogP contribution in [0.15, 0.2) is 64.7 Å². The van der Waals surface area contributed by atoms with Gasteiger partial charge in [-0.25, -0.2) is 4.79 Å². The maximum atomic E-state index is 13.2. The molecule has 0 aliphatic carbocycles. The van der Waals surface area contributed by atoms with Gasteiger partial charge in [0.1, 0.15) is 0 Å².